The average molecular weight is 366 g/mol. The lowest BCUT2D eigenvalue weighted by Gasteiger charge is -2.17. The third kappa shape index (κ3) is 3.38. The second-order valence-electron chi connectivity index (χ2n) is 7.01. The van der Waals surface area contributed by atoms with Crippen molar-refractivity contribution in [2.45, 2.75) is 19.4 Å². The molecule has 0 saturated carbocycles. The number of carbonyl (C=O) groups is 1. The zero-order valence-corrected chi connectivity index (χ0v) is 15.3. The number of β-amino-alcohol motifs (C(OH)–C–C–N with tert-alkyl or cyclic N) is 1. The number of nitrogens with one attached hydrogen (secondary N) is 1. The highest BCUT2D eigenvalue weighted by Crippen LogP contribution is 2.27. The number of hydrogen-bond acceptors (Lipinski definition) is 5. The Kier molecular flexibility index (Phi) is 4.53. The Morgan fingerprint density at radius 2 is 2.15 bits per heavy atom. The molecule has 27 heavy (non-hydrogen) atoms. The summed E-state index contributed by atoms with van der Waals surface area (Å²) in [5, 5.41) is 18.4. The minimum atomic E-state index is -0.569. The Morgan fingerprint density at radius 3 is 2.89 bits per heavy atom. The highest BCUT2D eigenvalue weighted by Gasteiger charge is 2.35. The number of amides is 1. The predicted molar refractivity (Wildman–Crippen MR) is 101 cm³/mol. The molecule has 4 rings (SSSR count). The Morgan fingerprint density at radius 1 is 1.33 bits per heavy atom. The van der Waals surface area contributed by atoms with Gasteiger partial charge in [-0.25, -0.2) is 4.98 Å². The lowest BCUT2D eigenvalue weighted by atomic mass is 10.00. The van der Waals surface area contributed by atoms with E-state index in [9.17, 15) is 9.90 Å². The number of methoxy groups -OCH3 is 1. The van der Waals surface area contributed by atoms with Gasteiger partial charge in [-0.15, -0.1) is 0 Å². The molecule has 140 valence electrons. The van der Waals surface area contributed by atoms with Gasteiger partial charge in [0.25, 0.3) is 5.91 Å². The van der Waals surface area contributed by atoms with Gasteiger partial charge in [0.05, 0.1) is 30.0 Å². The van der Waals surface area contributed by atoms with Crippen LogP contribution in [-0.2, 0) is 6.42 Å². The molecular weight excluding hydrogens is 344 g/mol. The van der Waals surface area contributed by atoms with Crippen LogP contribution in [0, 0.1) is 12.8 Å². The van der Waals surface area contributed by atoms with Crippen molar-refractivity contribution in [3.63, 3.8) is 0 Å². The number of fused-ring (bicyclic) bond motifs is 1. The molecular formula is C20H22N4O3. The normalized spacial score (nSPS) is 19.6. The number of rotatable bonds is 4. The summed E-state index contributed by atoms with van der Waals surface area (Å²) in [5.41, 5.74) is 3.15. The topological polar surface area (TPSA) is 91.3 Å². The van der Waals surface area contributed by atoms with Gasteiger partial charge in [-0.05, 0) is 25.5 Å². The third-order valence-corrected chi connectivity index (χ3v) is 5.06. The van der Waals surface area contributed by atoms with E-state index >= 15 is 0 Å². The van der Waals surface area contributed by atoms with Crippen molar-refractivity contribution in [1.82, 2.24) is 20.1 Å². The van der Waals surface area contributed by atoms with Crippen molar-refractivity contribution in [3.05, 3.63) is 53.3 Å². The van der Waals surface area contributed by atoms with E-state index in [0.29, 0.717) is 36.5 Å². The largest absolute Gasteiger partial charge is 0.481 e. The summed E-state index contributed by atoms with van der Waals surface area (Å²) in [6.07, 6.45) is 0.0661. The van der Waals surface area contributed by atoms with Crippen LogP contribution in [0.15, 0.2) is 36.4 Å². The van der Waals surface area contributed by atoms with Gasteiger partial charge in [0, 0.05) is 36.2 Å². The third-order valence-electron chi connectivity index (χ3n) is 5.06. The minimum absolute atomic E-state index is 0.0355. The number of hydrogen-bond donors (Lipinski definition) is 2. The maximum Gasteiger partial charge on any atom is 0.254 e. The molecule has 2 atom stereocenters. The highest BCUT2D eigenvalue weighted by molar-refractivity contribution is 6.06. The average Bonchev–Trinajstić information content (AvgIpc) is 3.26. The van der Waals surface area contributed by atoms with E-state index in [4.69, 9.17) is 4.74 Å². The number of likely N-dealkylation sites (tertiary alicyclic amines) is 1. The Labute approximate surface area is 157 Å². The second-order valence-corrected chi connectivity index (χ2v) is 7.01. The van der Waals surface area contributed by atoms with Crippen molar-refractivity contribution in [3.8, 4) is 5.88 Å². The van der Waals surface area contributed by atoms with Gasteiger partial charge >= 0.3 is 0 Å². The van der Waals surface area contributed by atoms with E-state index in [2.05, 4.69) is 15.2 Å². The number of para-hydroxylation sites is 1. The second kappa shape index (κ2) is 7.00. The van der Waals surface area contributed by atoms with Gasteiger partial charge in [-0.1, -0.05) is 18.2 Å². The summed E-state index contributed by atoms with van der Waals surface area (Å²) in [6.45, 7) is 2.75. The number of nitrogens with zero attached hydrogens (tertiary/aromatic N) is 3. The summed E-state index contributed by atoms with van der Waals surface area (Å²) in [6, 6.07) is 11.1. The Bertz CT molecular complexity index is 984. The van der Waals surface area contributed by atoms with E-state index in [1.54, 1.807) is 11.0 Å². The fourth-order valence-electron chi connectivity index (χ4n) is 3.67. The van der Waals surface area contributed by atoms with Crippen LogP contribution in [-0.4, -0.2) is 57.4 Å². The number of aromatic nitrogens is 3. The smallest absolute Gasteiger partial charge is 0.254 e. The summed E-state index contributed by atoms with van der Waals surface area (Å²) in [5.74, 6) is 0.249. The zero-order chi connectivity index (χ0) is 19.0. The maximum atomic E-state index is 13.2. The molecule has 1 saturated heterocycles. The lowest BCUT2D eigenvalue weighted by Crippen LogP contribution is -2.30. The molecule has 1 amide bonds. The molecule has 3 heterocycles. The minimum Gasteiger partial charge on any atom is -0.481 e. The van der Waals surface area contributed by atoms with E-state index in [1.165, 1.54) is 7.11 Å². The fourth-order valence-corrected chi connectivity index (χ4v) is 3.67. The summed E-state index contributed by atoms with van der Waals surface area (Å²) >= 11 is 0. The molecule has 1 fully saturated rings. The molecule has 3 aromatic rings. The van der Waals surface area contributed by atoms with Crippen LogP contribution in [0.5, 0.6) is 5.88 Å². The van der Waals surface area contributed by atoms with Crippen LogP contribution in [0.3, 0.4) is 0 Å². The quantitative estimate of drug-likeness (QED) is 0.736. The number of pyridine rings is 1. The summed E-state index contributed by atoms with van der Waals surface area (Å²) in [7, 11) is 1.53. The number of aromatic amines is 1. The molecule has 2 aromatic heterocycles. The first-order chi connectivity index (χ1) is 13.0. The maximum absolute atomic E-state index is 13.2. The monoisotopic (exact) mass is 366 g/mol. The molecule has 1 aliphatic heterocycles. The molecule has 0 spiro atoms. The van der Waals surface area contributed by atoms with Gasteiger partial charge in [0.15, 0.2) is 0 Å². The number of carbonyl (C=O) groups excluding carboxylic acids is 1. The highest BCUT2D eigenvalue weighted by atomic mass is 16.5. The molecule has 1 aliphatic rings. The van der Waals surface area contributed by atoms with Crippen molar-refractivity contribution >= 4 is 16.8 Å². The number of aliphatic hydroxyl groups excluding tert-OH is 1. The van der Waals surface area contributed by atoms with Gasteiger partial charge < -0.3 is 14.7 Å². The molecule has 1 aromatic carbocycles. The molecule has 0 bridgehead atoms. The molecule has 0 radical (unpaired) electrons. The number of ether oxygens (including phenoxy) is 1. The molecule has 7 heteroatoms. The number of H-pyrrole nitrogens is 1. The number of aryl methyl sites for hydroxylation is 1. The Balaban J connectivity index is 1.59. The lowest BCUT2D eigenvalue weighted by molar-refractivity contribution is 0.0766. The molecule has 0 aliphatic carbocycles. The number of aliphatic hydroxyl groups is 1. The van der Waals surface area contributed by atoms with Crippen molar-refractivity contribution < 1.29 is 14.6 Å². The van der Waals surface area contributed by atoms with Crippen LogP contribution >= 0.6 is 0 Å². The first kappa shape index (κ1) is 17.5. The predicted octanol–water partition coefficient (Wildman–Crippen LogP) is 1.95. The standard InChI is InChI=1S/C20H22N4O3/c1-12-7-14(23-22-12)8-13-10-24(11-18(13)25)20(26)16-9-19(27-2)21-17-6-4-3-5-15(16)17/h3-7,9,13,18,25H,8,10-11H2,1-2H3,(H,22,23)/t13-,18-/m1/s1. The van der Waals surface area contributed by atoms with Crippen LogP contribution in [0.2, 0.25) is 0 Å². The van der Waals surface area contributed by atoms with Crippen LogP contribution in [0.4, 0.5) is 0 Å². The van der Waals surface area contributed by atoms with Crippen molar-refractivity contribution in [2.75, 3.05) is 20.2 Å². The van der Waals surface area contributed by atoms with Crippen molar-refractivity contribution in [2.24, 2.45) is 5.92 Å². The molecule has 2 N–H and O–H groups in total. The van der Waals surface area contributed by atoms with Crippen LogP contribution < -0.4 is 4.74 Å². The van der Waals surface area contributed by atoms with Gasteiger partial charge in [0.2, 0.25) is 5.88 Å². The number of benzene rings is 1. The van der Waals surface area contributed by atoms with Crippen LogP contribution in [0.25, 0.3) is 10.9 Å². The SMILES string of the molecule is COc1cc(C(=O)N2C[C@@H](Cc3cc(C)[nH]n3)[C@H](O)C2)c2ccccc2n1. The first-order valence-corrected chi connectivity index (χ1v) is 8.97. The summed E-state index contributed by atoms with van der Waals surface area (Å²) < 4.78 is 5.26. The molecule has 0 unspecified atom stereocenters. The van der Waals surface area contributed by atoms with E-state index in [1.807, 2.05) is 37.3 Å². The van der Waals surface area contributed by atoms with Crippen molar-refractivity contribution in [1.29, 1.82) is 0 Å². The summed E-state index contributed by atoms with van der Waals surface area (Å²) in [4.78, 5) is 19.3. The van der Waals surface area contributed by atoms with Gasteiger partial charge in [-0.3, -0.25) is 9.89 Å². The van der Waals surface area contributed by atoms with E-state index < -0.39 is 6.10 Å². The van der Waals surface area contributed by atoms with E-state index in [0.717, 1.165) is 16.8 Å². The zero-order valence-electron chi connectivity index (χ0n) is 15.3. The van der Waals surface area contributed by atoms with E-state index in [-0.39, 0.29) is 11.8 Å². The Hall–Kier alpha value is -2.93. The van der Waals surface area contributed by atoms with Crippen LogP contribution in [0.1, 0.15) is 21.7 Å². The first-order valence-electron chi connectivity index (χ1n) is 8.97. The van der Waals surface area contributed by atoms with Gasteiger partial charge in [0.1, 0.15) is 0 Å². The molecule has 7 nitrogen and oxygen atoms in total. The van der Waals surface area contributed by atoms with Gasteiger partial charge in [-0.2, -0.15) is 5.10 Å². The fraction of sp³-hybridized carbons (Fsp3) is 0.350.